The highest BCUT2D eigenvalue weighted by Gasteiger charge is 2.22. The first-order chi connectivity index (χ1) is 7.91. The molecule has 96 valence electrons. The number of hydrogen-bond donors (Lipinski definition) is 2. The quantitative estimate of drug-likeness (QED) is 0.732. The molecule has 6 heteroatoms. The summed E-state index contributed by atoms with van der Waals surface area (Å²) >= 11 is 0. The van der Waals surface area contributed by atoms with Gasteiger partial charge in [-0.15, -0.1) is 0 Å². The van der Waals surface area contributed by atoms with Crippen molar-refractivity contribution < 1.29 is 9.90 Å². The van der Waals surface area contributed by atoms with E-state index in [4.69, 9.17) is 0 Å². The third-order valence-corrected chi connectivity index (χ3v) is 2.52. The second-order valence-corrected chi connectivity index (χ2v) is 4.37. The normalized spacial score (nSPS) is 13.0. The van der Waals surface area contributed by atoms with Crippen LogP contribution in [-0.4, -0.2) is 52.9 Å². The standard InChI is InChI=1S/C11H20N4O2/c1-8-9(7-15(4)13-8)10(11(16)17)12-5-6-14(2)3/h7,10,12H,5-6H2,1-4H3,(H,16,17). The summed E-state index contributed by atoms with van der Waals surface area (Å²) in [5, 5.41) is 16.4. The summed E-state index contributed by atoms with van der Waals surface area (Å²) in [4.78, 5) is 13.2. The molecular formula is C11H20N4O2. The summed E-state index contributed by atoms with van der Waals surface area (Å²) < 4.78 is 1.63. The number of hydrogen-bond acceptors (Lipinski definition) is 4. The van der Waals surface area contributed by atoms with Crippen LogP contribution in [0.3, 0.4) is 0 Å². The zero-order valence-corrected chi connectivity index (χ0v) is 10.8. The molecule has 0 saturated carbocycles. The maximum absolute atomic E-state index is 11.2. The molecule has 1 atom stereocenters. The Morgan fingerprint density at radius 1 is 1.65 bits per heavy atom. The Morgan fingerprint density at radius 2 is 2.29 bits per heavy atom. The van der Waals surface area contributed by atoms with Crippen molar-refractivity contribution in [2.45, 2.75) is 13.0 Å². The fourth-order valence-electron chi connectivity index (χ4n) is 1.66. The van der Waals surface area contributed by atoms with E-state index in [1.165, 1.54) is 0 Å². The molecule has 0 aliphatic carbocycles. The van der Waals surface area contributed by atoms with Crippen LogP contribution in [0, 0.1) is 6.92 Å². The maximum Gasteiger partial charge on any atom is 0.325 e. The van der Waals surface area contributed by atoms with Crippen LogP contribution in [0.15, 0.2) is 6.20 Å². The van der Waals surface area contributed by atoms with Crippen molar-refractivity contribution in [3.05, 3.63) is 17.5 Å². The summed E-state index contributed by atoms with van der Waals surface area (Å²) in [6.07, 6.45) is 1.75. The molecule has 0 fully saturated rings. The fraction of sp³-hybridized carbons (Fsp3) is 0.636. The van der Waals surface area contributed by atoms with Crippen LogP contribution in [0.25, 0.3) is 0 Å². The summed E-state index contributed by atoms with van der Waals surface area (Å²) in [5.74, 6) is -0.875. The first-order valence-corrected chi connectivity index (χ1v) is 5.53. The Hall–Kier alpha value is -1.40. The molecule has 2 N–H and O–H groups in total. The summed E-state index contributed by atoms with van der Waals surface area (Å²) in [5.41, 5.74) is 1.47. The van der Waals surface area contributed by atoms with E-state index in [9.17, 15) is 9.90 Å². The Bertz CT molecular complexity index is 387. The Labute approximate surface area is 101 Å². The highest BCUT2D eigenvalue weighted by molar-refractivity contribution is 5.75. The molecule has 1 rings (SSSR count). The van der Waals surface area contributed by atoms with Crippen molar-refractivity contribution in [3.8, 4) is 0 Å². The molecule has 1 unspecified atom stereocenters. The van der Waals surface area contributed by atoms with Gasteiger partial charge in [0.15, 0.2) is 0 Å². The molecule has 0 aliphatic heterocycles. The summed E-state index contributed by atoms with van der Waals surface area (Å²) in [7, 11) is 5.69. The number of aryl methyl sites for hydroxylation is 2. The Morgan fingerprint density at radius 3 is 2.71 bits per heavy atom. The van der Waals surface area contributed by atoms with Gasteiger partial charge in [-0.25, -0.2) is 0 Å². The van der Waals surface area contributed by atoms with E-state index in [0.29, 0.717) is 6.54 Å². The number of nitrogens with zero attached hydrogens (tertiary/aromatic N) is 3. The van der Waals surface area contributed by atoms with Gasteiger partial charge in [-0.1, -0.05) is 0 Å². The number of aromatic nitrogens is 2. The number of carboxylic acid groups (broad SMARTS) is 1. The maximum atomic E-state index is 11.2. The third kappa shape index (κ3) is 3.83. The van der Waals surface area contributed by atoms with Gasteiger partial charge in [0.1, 0.15) is 6.04 Å². The van der Waals surface area contributed by atoms with E-state index in [2.05, 4.69) is 10.4 Å². The van der Waals surface area contributed by atoms with Gasteiger partial charge in [0.05, 0.1) is 5.69 Å². The van der Waals surface area contributed by atoms with Gasteiger partial charge < -0.3 is 10.0 Å². The highest BCUT2D eigenvalue weighted by Crippen LogP contribution is 2.16. The summed E-state index contributed by atoms with van der Waals surface area (Å²) in [6.45, 7) is 3.24. The molecule has 0 amide bonds. The van der Waals surface area contributed by atoms with Crippen molar-refractivity contribution in [1.29, 1.82) is 0 Å². The smallest absolute Gasteiger partial charge is 0.325 e. The van der Waals surface area contributed by atoms with Crippen molar-refractivity contribution in [2.75, 3.05) is 27.2 Å². The number of aliphatic carboxylic acids is 1. The van der Waals surface area contributed by atoms with Gasteiger partial charge in [-0.05, 0) is 21.0 Å². The number of carboxylic acids is 1. The van der Waals surface area contributed by atoms with Crippen LogP contribution in [0.4, 0.5) is 0 Å². The topological polar surface area (TPSA) is 70.4 Å². The average molecular weight is 240 g/mol. The van der Waals surface area contributed by atoms with Gasteiger partial charge in [-0.2, -0.15) is 5.10 Å². The molecule has 17 heavy (non-hydrogen) atoms. The molecule has 1 aromatic heterocycles. The molecule has 0 bridgehead atoms. The lowest BCUT2D eigenvalue weighted by atomic mass is 10.1. The Balaban J connectivity index is 2.73. The third-order valence-electron chi connectivity index (χ3n) is 2.52. The average Bonchev–Trinajstić information content (AvgIpc) is 2.51. The minimum atomic E-state index is -0.875. The lowest BCUT2D eigenvalue weighted by molar-refractivity contribution is -0.139. The lowest BCUT2D eigenvalue weighted by Crippen LogP contribution is -2.34. The van der Waals surface area contributed by atoms with Gasteiger partial charge in [0, 0.05) is 31.9 Å². The van der Waals surface area contributed by atoms with E-state index < -0.39 is 12.0 Å². The van der Waals surface area contributed by atoms with Crippen LogP contribution in [-0.2, 0) is 11.8 Å². The molecule has 0 aliphatic rings. The molecule has 0 spiro atoms. The number of carbonyl (C=O) groups is 1. The molecule has 0 radical (unpaired) electrons. The van der Waals surface area contributed by atoms with E-state index in [1.807, 2.05) is 25.9 Å². The van der Waals surface area contributed by atoms with Crippen LogP contribution >= 0.6 is 0 Å². The van der Waals surface area contributed by atoms with Crippen molar-refractivity contribution in [2.24, 2.45) is 7.05 Å². The number of rotatable bonds is 6. The predicted molar refractivity (Wildman–Crippen MR) is 64.9 cm³/mol. The molecule has 0 saturated heterocycles. The SMILES string of the molecule is Cc1nn(C)cc1C(NCCN(C)C)C(=O)O. The van der Waals surface area contributed by atoms with Crippen molar-refractivity contribution in [3.63, 3.8) is 0 Å². The first kappa shape index (κ1) is 13.7. The number of likely N-dealkylation sites (N-methyl/N-ethyl adjacent to an activating group) is 1. The van der Waals surface area contributed by atoms with Gasteiger partial charge >= 0.3 is 5.97 Å². The van der Waals surface area contributed by atoms with E-state index in [-0.39, 0.29) is 0 Å². The molecule has 1 heterocycles. The van der Waals surface area contributed by atoms with Gasteiger partial charge in [-0.3, -0.25) is 14.8 Å². The van der Waals surface area contributed by atoms with Crippen LogP contribution < -0.4 is 5.32 Å². The predicted octanol–water partition coefficient (Wildman–Crippen LogP) is 0.00542. The van der Waals surface area contributed by atoms with E-state index >= 15 is 0 Å². The molecular weight excluding hydrogens is 220 g/mol. The first-order valence-electron chi connectivity index (χ1n) is 5.53. The second kappa shape index (κ2) is 5.79. The van der Waals surface area contributed by atoms with Crippen LogP contribution in [0.5, 0.6) is 0 Å². The fourth-order valence-corrected chi connectivity index (χ4v) is 1.66. The molecule has 1 aromatic rings. The molecule has 0 aromatic carbocycles. The Kier molecular flexibility index (Phi) is 4.65. The number of nitrogens with one attached hydrogen (secondary N) is 1. The zero-order valence-electron chi connectivity index (χ0n) is 10.8. The van der Waals surface area contributed by atoms with Crippen molar-refractivity contribution in [1.82, 2.24) is 20.0 Å². The largest absolute Gasteiger partial charge is 0.480 e. The van der Waals surface area contributed by atoms with Gasteiger partial charge in [0.25, 0.3) is 0 Å². The van der Waals surface area contributed by atoms with Gasteiger partial charge in [0.2, 0.25) is 0 Å². The highest BCUT2D eigenvalue weighted by atomic mass is 16.4. The van der Waals surface area contributed by atoms with Crippen LogP contribution in [0.2, 0.25) is 0 Å². The lowest BCUT2D eigenvalue weighted by Gasteiger charge is -2.16. The molecule has 6 nitrogen and oxygen atoms in total. The minimum Gasteiger partial charge on any atom is -0.480 e. The van der Waals surface area contributed by atoms with Crippen LogP contribution in [0.1, 0.15) is 17.3 Å². The minimum absolute atomic E-state index is 0.623. The van der Waals surface area contributed by atoms with E-state index in [0.717, 1.165) is 17.8 Å². The second-order valence-electron chi connectivity index (χ2n) is 4.37. The van der Waals surface area contributed by atoms with E-state index in [1.54, 1.807) is 17.9 Å². The van der Waals surface area contributed by atoms with Crippen molar-refractivity contribution >= 4 is 5.97 Å². The zero-order chi connectivity index (χ0) is 13.0. The monoisotopic (exact) mass is 240 g/mol. The summed E-state index contributed by atoms with van der Waals surface area (Å²) in [6, 6.07) is -0.691.